The van der Waals surface area contributed by atoms with E-state index in [4.69, 9.17) is 11.6 Å². The third-order valence-electron chi connectivity index (χ3n) is 7.71. The van der Waals surface area contributed by atoms with Gasteiger partial charge in [0.2, 0.25) is 0 Å². The Balaban J connectivity index is 1.36. The second-order valence-corrected chi connectivity index (χ2v) is 10.3. The van der Waals surface area contributed by atoms with Crippen LogP contribution in [0.1, 0.15) is 70.6 Å². The van der Waals surface area contributed by atoms with E-state index in [-0.39, 0.29) is 24.2 Å². The first-order chi connectivity index (χ1) is 15.2. The molecule has 0 saturated carbocycles. The minimum Gasteiger partial charge on any atom is -0.370 e. The predicted octanol–water partition coefficient (Wildman–Crippen LogP) is 4.87. The number of halogens is 2. The smallest absolute Gasteiger partial charge is 0.114 e. The van der Waals surface area contributed by atoms with Gasteiger partial charge in [0.15, 0.2) is 0 Å². The van der Waals surface area contributed by atoms with Crippen LogP contribution in [0.2, 0.25) is 0 Å². The first-order valence-corrected chi connectivity index (χ1v) is 12.7. The van der Waals surface area contributed by atoms with Crippen LogP contribution < -0.4 is 21.3 Å². The molecule has 0 saturated heterocycles. The van der Waals surface area contributed by atoms with Crippen LogP contribution in [-0.4, -0.2) is 31.5 Å². The van der Waals surface area contributed by atoms with Crippen molar-refractivity contribution in [2.24, 2.45) is 5.92 Å². The molecule has 4 atom stereocenters. The van der Waals surface area contributed by atoms with Crippen molar-refractivity contribution in [2.45, 2.75) is 89.0 Å². The van der Waals surface area contributed by atoms with E-state index in [2.05, 4.69) is 33.4 Å². The number of rotatable bonds is 4. The standard InChI is InChI=1S/C25H36ClFN4/c26-21-14-19(9-10-22(21)27)29-25-20-13-17(16-5-2-1-3-6-16)8-11-23(20)30-24(31-25)18-7-4-12-28-15-18/h5,7,17,19,24-25,28-31H,1-4,6,8-15H2/t17-,19+,24?,25+/m1/s1. The first-order valence-electron chi connectivity index (χ1n) is 12.3. The van der Waals surface area contributed by atoms with Gasteiger partial charge in [-0.25, -0.2) is 4.39 Å². The summed E-state index contributed by atoms with van der Waals surface area (Å²) in [6, 6.07) is 0.213. The van der Waals surface area contributed by atoms with Crippen LogP contribution in [0.15, 0.2) is 45.4 Å². The summed E-state index contributed by atoms with van der Waals surface area (Å²) in [7, 11) is 0. The normalized spacial score (nSPS) is 34.6. The topological polar surface area (TPSA) is 48.1 Å². The molecule has 4 N–H and O–H groups in total. The molecule has 0 aromatic rings. The monoisotopic (exact) mass is 446 g/mol. The van der Waals surface area contributed by atoms with Crippen LogP contribution >= 0.6 is 11.6 Å². The van der Waals surface area contributed by atoms with Gasteiger partial charge in [0, 0.05) is 31.1 Å². The molecule has 0 fully saturated rings. The van der Waals surface area contributed by atoms with Crippen molar-refractivity contribution < 1.29 is 4.39 Å². The Bertz CT molecular complexity index is 814. The van der Waals surface area contributed by atoms with Crippen LogP contribution in [0.25, 0.3) is 0 Å². The predicted molar refractivity (Wildman–Crippen MR) is 125 cm³/mol. The Labute approximate surface area is 190 Å². The summed E-state index contributed by atoms with van der Waals surface area (Å²) in [5.41, 5.74) is 5.98. The zero-order chi connectivity index (χ0) is 21.2. The molecule has 2 aliphatic heterocycles. The van der Waals surface area contributed by atoms with Crippen molar-refractivity contribution in [1.29, 1.82) is 0 Å². The quantitative estimate of drug-likeness (QED) is 0.465. The fourth-order valence-corrected chi connectivity index (χ4v) is 6.22. The molecule has 5 aliphatic rings. The summed E-state index contributed by atoms with van der Waals surface area (Å²) in [5, 5.41) is 15.4. The van der Waals surface area contributed by atoms with Gasteiger partial charge >= 0.3 is 0 Å². The Kier molecular flexibility index (Phi) is 6.84. The van der Waals surface area contributed by atoms with Crippen molar-refractivity contribution in [3.05, 3.63) is 45.4 Å². The molecule has 0 amide bonds. The van der Waals surface area contributed by atoms with E-state index in [0.29, 0.717) is 23.8 Å². The van der Waals surface area contributed by atoms with Crippen LogP contribution in [0.4, 0.5) is 4.39 Å². The minimum atomic E-state index is -0.129. The Morgan fingerprint density at radius 1 is 1.00 bits per heavy atom. The Morgan fingerprint density at radius 3 is 2.68 bits per heavy atom. The molecule has 0 spiro atoms. The van der Waals surface area contributed by atoms with Crippen LogP contribution in [0, 0.1) is 5.92 Å². The number of nitrogens with one attached hydrogen (secondary N) is 4. The van der Waals surface area contributed by atoms with Gasteiger partial charge in [-0.05, 0) is 81.4 Å². The summed E-state index contributed by atoms with van der Waals surface area (Å²) in [4.78, 5) is 0. The molecule has 0 aromatic heterocycles. The van der Waals surface area contributed by atoms with Crippen molar-refractivity contribution in [3.63, 3.8) is 0 Å². The molecule has 1 unspecified atom stereocenters. The van der Waals surface area contributed by atoms with Gasteiger partial charge < -0.3 is 10.6 Å². The number of hydrogen-bond donors (Lipinski definition) is 4. The molecular formula is C25H36ClFN4. The highest BCUT2D eigenvalue weighted by molar-refractivity contribution is 6.29. The van der Waals surface area contributed by atoms with E-state index in [1.165, 1.54) is 48.9 Å². The summed E-state index contributed by atoms with van der Waals surface area (Å²) in [6.45, 7) is 1.99. The molecule has 0 aromatic carbocycles. The third-order valence-corrected chi connectivity index (χ3v) is 8.07. The lowest BCUT2D eigenvalue weighted by Crippen LogP contribution is -2.62. The molecule has 4 nitrogen and oxygen atoms in total. The fraction of sp³-hybridized carbons (Fsp3) is 0.680. The van der Waals surface area contributed by atoms with Crippen molar-refractivity contribution in [3.8, 4) is 0 Å². The molecule has 3 aliphatic carbocycles. The zero-order valence-corrected chi connectivity index (χ0v) is 19.2. The maximum absolute atomic E-state index is 13.8. The Hall–Kier alpha value is -1.14. The molecule has 0 bridgehead atoms. The molecule has 0 radical (unpaired) electrons. The Morgan fingerprint density at radius 2 is 1.90 bits per heavy atom. The van der Waals surface area contributed by atoms with E-state index in [1.54, 1.807) is 5.57 Å². The lowest BCUT2D eigenvalue weighted by atomic mass is 9.77. The van der Waals surface area contributed by atoms with E-state index in [1.807, 2.05) is 0 Å². The molecule has 2 heterocycles. The summed E-state index contributed by atoms with van der Waals surface area (Å²) in [5.74, 6) is 0.544. The van der Waals surface area contributed by atoms with Crippen molar-refractivity contribution in [2.75, 3.05) is 13.1 Å². The summed E-state index contributed by atoms with van der Waals surface area (Å²) in [6.07, 6.45) is 16.8. The van der Waals surface area contributed by atoms with Crippen molar-refractivity contribution in [1.82, 2.24) is 21.3 Å². The third kappa shape index (κ3) is 4.95. The average Bonchev–Trinajstić information content (AvgIpc) is 2.82. The summed E-state index contributed by atoms with van der Waals surface area (Å²) < 4.78 is 13.8. The largest absolute Gasteiger partial charge is 0.370 e. The van der Waals surface area contributed by atoms with Crippen LogP contribution in [0.3, 0.4) is 0 Å². The maximum atomic E-state index is 13.8. The van der Waals surface area contributed by atoms with E-state index < -0.39 is 0 Å². The fourth-order valence-electron chi connectivity index (χ4n) is 5.94. The van der Waals surface area contributed by atoms with Gasteiger partial charge in [-0.15, -0.1) is 0 Å². The van der Waals surface area contributed by atoms with Crippen LogP contribution in [0.5, 0.6) is 0 Å². The molecule has 5 rings (SSSR count). The van der Waals surface area contributed by atoms with Crippen molar-refractivity contribution >= 4 is 11.6 Å². The van der Waals surface area contributed by atoms with Gasteiger partial charge in [0.05, 0.1) is 11.2 Å². The second kappa shape index (κ2) is 9.78. The van der Waals surface area contributed by atoms with Gasteiger partial charge in [0.25, 0.3) is 0 Å². The van der Waals surface area contributed by atoms with E-state index in [0.717, 1.165) is 38.8 Å². The highest BCUT2D eigenvalue weighted by Gasteiger charge is 2.36. The van der Waals surface area contributed by atoms with E-state index >= 15 is 0 Å². The van der Waals surface area contributed by atoms with Gasteiger partial charge in [-0.2, -0.15) is 0 Å². The lowest BCUT2D eigenvalue weighted by molar-refractivity contribution is 0.289. The molecule has 170 valence electrons. The average molecular weight is 447 g/mol. The minimum absolute atomic E-state index is 0.117. The van der Waals surface area contributed by atoms with Gasteiger partial charge in [0.1, 0.15) is 12.0 Å². The van der Waals surface area contributed by atoms with E-state index in [9.17, 15) is 4.39 Å². The number of hydrogen-bond acceptors (Lipinski definition) is 4. The summed E-state index contributed by atoms with van der Waals surface area (Å²) >= 11 is 6.19. The van der Waals surface area contributed by atoms with Crippen LogP contribution in [-0.2, 0) is 0 Å². The van der Waals surface area contributed by atoms with Gasteiger partial charge in [-0.3, -0.25) is 10.6 Å². The SMILES string of the molecule is FC1=C(Cl)C[C@@H](N[C@H]2NC(C3=CCCNC3)NC3=C2C[C@H](C2=CCCCC2)CC3)CC1. The molecular weight excluding hydrogens is 411 g/mol. The number of allylic oxidation sites excluding steroid dienone is 4. The first kappa shape index (κ1) is 21.7. The molecule has 31 heavy (non-hydrogen) atoms. The van der Waals surface area contributed by atoms with Gasteiger partial charge in [-0.1, -0.05) is 29.3 Å². The zero-order valence-electron chi connectivity index (χ0n) is 18.4. The second-order valence-electron chi connectivity index (χ2n) is 9.81. The lowest BCUT2D eigenvalue weighted by Gasteiger charge is -2.44. The highest BCUT2D eigenvalue weighted by Crippen LogP contribution is 2.39. The highest BCUT2D eigenvalue weighted by atomic mass is 35.5. The molecule has 6 heteroatoms. The maximum Gasteiger partial charge on any atom is 0.114 e.